The topological polar surface area (TPSA) is 69.6 Å². The van der Waals surface area contributed by atoms with Crippen molar-refractivity contribution in [1.29, 1.82) is 0 Å². The van der Waals surface area contributed by atoms with Crippen LogP contribution in [0.4, 0.5) is 18.0 Å². The van der Waals surface area contributed by atoms with Crippen LogP contribution in [0.5, 0.6) is 0 Å². The Bertz CT molecular complexity index is 358. The third kappa shape index (κ3) is 2.29. The van der Waals surface area contributed by atoms with Gasteiger partial charge >= 0.3 is 18.2 Å². The van der Waals surface area contributed by atoms with E-state index < -0.39 is 24.2 Å². The minimum absolute atomic E-state index is 0.0969. The van der Waals surface area contributed by atoms with Crippen LogP contribution < -0.4 is 5.32 Å². The molecule has 0 bridgehead atoms. The summed E-state index contributed by atoms with van der Waals surface area (Å²) in [5, 5.41) is 10.6. The van der Waals surface area contributed by atoms with Crippen molar-refractivity contribution in [3.8, 4) is 0 Å². The summed E-state index contributed by atoms with van der Waals surface area (Å²) >= 11 is 0. The number of halogens is 3. The molecule has 2 amide bonds. The highest BCUT2D eigenvalue weighted by Gasteiger charge is 2.54. The second-order valence-electron chi connectivity index (χ2n) is 4.37. The first kappa shape index (κ1) is 12.0. The van der Waals surface area contributed by atoms with Gasteiger partial charge in [0.1, 0.15) is 0 Å². The molecule has 0 spiro atoms. The Balaban J connectivity index is 1.90. The van der Waals surface area contributed by atoms with E-state index in [1.807, 2.05) is 0 Å². The number of carboxylic acid groups (broad SMARTS) is 1. The standard InChI is InChI=1S/C9H11F3N2O3/c10-9(11,12)7(15)13-2-6-5-1-4(5)3-14(6)8(16)17/h4-6H,1-3H2,(H,13,15)(H,16,17)/t4-,5-,6+/m0/s1. The average molecular weight is 252 g/mol. The number of likely N-dealkylation sites (tertiary alicyclic amines) is 1. The van der Waals surface area contributed by atoms with Gasteiger partial charge in [0.05, 0.1) is 6.04 Å². The number of nitrogens with one attached hydrogen (secondary N) is 1. The fraction of sp³-hybridized carbons (Fsp3) is 0.778. The summed E-state index contributed by atoms with van der Waals surface area (Å²) in [7, 11) is 0. The van der Waals surface area contributed by atoms with E-state index in [1.165, 1.54) is 0 Å². The predicted octanol–water partition coefficient (Wildman–Crippen LogP) is 0.663. The summed E-state index contributed by atoms with van der Waals surface area (Å²) in [6, 6.07) is -0.524. The van der Waals surface area contributed by atoms with Gasteiger partial charge in [0.25, 0.3) is 0 Å². The van der Waals surface area contributed by atoms with Crippen LogP contribution in [0, 0.1) is 11.8 Å². The molecule has 17 heavy (non-hydrogen) atoms. The Hall–Kier alpha value is -1.47. The number of amides is 2. The molecule has 2 N–H and O–H groups in total. The second kappa shape index (κ2) is 3.78. The van der Waals surface area contributed by atoms with Crippen LogP contribution in [0.1, 0.15) is 6.42 Å². The number of fused-ring (bicyclic) bond motifs is 1. The molecule has 1 aliphatic carbocycles. The van der Waals surface area contributed by atoms with Gasteiger partial charge in [-0.05, 0) is 18.3 Å². The molecule has 0 aromatic carbocycles. The van der Waals surface area contributed by atoms with Gasteiger partial charge in [0.2, 0.25) is 0 Å². The lowest BCUT2D eigenvalue weighted by Crippen LogP contribution is -2.47. The molecule has 0 aromatic heterocycles. The minimum atomic E-state index is -4.92. The van der Waals surface area contributed by atoms with Gasteiger partial charge in [-0.1, -0.05) is 0 Å². The number of piperidine rings is 1. The summed E-state index contributed by atoms with van der Waals surface area (Å²) in [6.07, 6.45) is -5.24. The zero-order valence-electron chi connectivity index (χ0n) is 8.70. The van der Waals surface area contributed by atoms with Crippen molar-refractivity contribution in [3.63, 3.8) is 0 Å². The predicted molar refractivity (Wildman–Crippen MR) is 49.2 cm³/mol. The molecule has 2 fully saturated rings. The van der Waals surface area contributed by atoms with E-state index in [9.17, 15) is 22.8 Å². The largest absolute Gasteiger partial charge is 0.471 e. The molecular formula is C9H11F3N2O3. The van der Waals surface area contributed by atoms with E-state index in [0.29, 0.717) is 6.54 Å². The van der Waals surface area contributed by atoms with Gasteiger partial charge in [-0.3, -0.25) is 4.79 Å². The number of nitrogens with zero attached hydrogens (tertiary/aromatic N) is 1. The molecule has 0 unspecified atom stereocenters. The number of carbonyl (C=O) groups excluding carboxylic acids is 1. The number of carbonyl (C=O) groups is 2. The average Bonchev–Trinajstić information content (AvgIpc) is 2.87. The maximum atomic E-state index is 11.9. The molecule has 8 heteroatoms. The van der Waals surface area contributed by atoms with Gasteiger partial charge in [-0.25, -0.2) is 4.79 Å². The SMILES string of the molecule is O=C(O)N1C[C@@H]2C[C@@H]2[C@H]1CNC(=O)C(F)(F)F. The Morgan fingerprint density at radius 2 is 2.06 bits per heavy atom. The van der Waals surface area contributed by atoms with Crippen LogP contribution in [-0.2, 0) is 4.79 Å². The first-order chi connectivity index (χ1) is 7.80. The fourth-order valence-electron chi connectivity index (χ4n) is 2.35. The Morgan fingerprint density at radius 3 is 2.59 bits per heavy atom. The Kier molecular flexibility index (Phi) is 2.67. The lowest BCUT2D eigenvalue weighted by Gasteiger charge is -2.24. The van der Waals surface area contributed by atoms with E-state index in [0.717, 1.165) is 11.3 Å². The molecule has 1 heterocycles. The lowest BCUT2D eigenvalue weighted by molar-refractivity contribution is -0.173. The third-order valence-electron chi connectivity index (χ3n) is 3.28. The number of hydrogen-bond acceptors (Lipinski definition) is 2. The molecule has 3 atom stereocenters. The molecule has 2 aliphatic rings. The van der Waals surface area contributed by atoms with Gasteiger partial charge in [0, 0.05) is 13.1 Å². The summed E-state index contributed by atoms with van der Waals surface area (Å²) in [6.45, 7) is 0.0817. The van der Waals surface area contributed by atoms with E-state index in [2.05, 4.69) is 0 Å². The zero-order valence-corrected chi connectivity index (χ0v) is 8.70. The molecule has 5 nitrogen and oxygen atoms in total. The lowest BCUT2D eigenvalue weighted by atomic mass is 10.2. The second-order valence-corrected chi connectivity index (χ2v) is 4.37. The molecule has 0 aromatic rings. The van der Waals surface area contributed by atoms with Gasteiger partial charge in [-0.15, -0.1) is 0 Å². The number of rotatable bonds is 2. The van der Waals surface area contributed by atoms with Gasteiger partial charge in [-0.2, -0.15) is 13.2 Å². The summed E-state index contributed by atoms with van der Waals surface area (Å²) in [5.74, 6) is -1.68. The van der Waals surface area contributed by atoms with E-state index in [4.69, 9.17) is 5.11 Å². The van der Waals surface area contributed by atoms with Gasteiger partial charge in [0.15, 0.2) is 0 Å². The van der Waals surface area contributed by atoms with Gasteiger partial charge < -0.3 is 15.3 Å². The van der Waals surface area contributed by atoms with Crippen LogP contribution in [-0.4, -0.2) is 47.3 Å². The van der Waals surface area contributed by atoms with Crippen LogP contribution in [0.15, 0.2) is 0 Å². The summed E-state index contributed by atoms with van der Waals surface area (Å²) < 4.78 is 35.8. The van der Waals surface area contributed by atoms with Crippen molar-refractivity contribution >= 4 is 12.0 Å². The Morgan fingerprint density at radius 1 is 1.41 bits per heavy atom. The Labute approximate surface area is 94.6 Å². The molecular weight excluding hydrogens is 241 g/mol. The third-order valence-corrected chi connectivity index (χ3v) is 3.28. The fourth-order valence-corrected chi connectivity index (χ4v) is 2.35. The highest BCUT2D eigenvalue weighted by molar-refractivity contribution is 5.81. The van der Waals surface area contributed by atoms with Crippen LogP contribution in [0.3, 0.4) is 0 Å². The molecule has 0 radical (unpaired) electrons. The normalized spacial score (nSPS) is 31.0. The minimum Gasteiger partial charge on any atom is -0.465 e. The van der Waals surface area contributed by atoms with Crippen molar-refractivity contribution in [2.75, 3.05) is 13.1 Å². The highest BCUT2D eigenvalue weighted by Crippen LogP contribution is 2.49. The number of alkyl halides is 3. The highest BCUT2D eigenvalue weighted by atomic mass is 19.4. The van der Waals surface area contributed by atoms with E-state index in [1.54, 1.807) is 5.32 Å². The van der Waals surface area contributed by atoms with Crippen molar-refractivity contribution in [2.24, 2.45) is 11.8 Å². The van der Waals surface area contributed by atoms with Crippen molar-refractivity contribution < 1.29 is 27.9 Å². The molecule has 2 rings (SSSR count). The van der Waals surface area contributed by atoms with Crippen LogP contribution in [0.2, 0.25) is 0 Å². The number of hydrogen-bond donors (Lipinski definition) is 2. The van der Waals surface area contributed by atoms with Crippen molar-refractivity contribution in [2.45, 2.75) is 18.6 Å². The first-order valence-electron chi connectivity index (χ1n) is 5.15. The quantitative estimate of drug-likeness (QED) is 0.758. The molecule has 96 valence electrons. The zero-order chi connectivity index (χ0) is 12.8. The van der Waals surface area contributed by atoms with E-state index >= 15 is 0 Å². The van der Waals surface area contributed by atoms with Crippen molar-refractivity contribution in [3.05, 3.63) is 0 Å². The molecule has 1 saturated carbocycles. The molecule has 1 saturated heterocycles. The monoisotopic (exact) mass is 252 g/mol. The van der Waals surface area contributed by atoms with E-state index in [-0.39, 0.29) is 18.4 Å². The smallest absolute Gasteiger partial charge is 0.465 e. The van der Waals surface area contributed by atoms with Crippen LogP contribution in [0.25, 0.3) is 0 Å². The maximum absolute atomic E-state index is 11.9. The first-order valence-corrected chi connectivity index (χ1v) is 5.15. The maximum Gasteiger partial charge on any atom is 0.471 e. The summed E-state index contributed by atoms with van der Waals surface area (Å²) in [4.78, 5) is 22.5. The molecule has 1 aliphatic heterocycles. The summed E-state index contributed by atoms with van der Waals surface area (Å²) in [5.41, 5.74) is 0. The van der Waals surface area contributed by atoms with Crippen molar-refractivity contribution in [1.82, 2.24) is 10.2 Å². The van der Waals surface area contributed by atoms with Crippen LogP contribution >= 0.6 is 0 Å².